The molecule has 0 aliphatic heterocycles. The van der Waals surface area contributed by atoms with E-state index in [1.807, 2.05) is 32.0 Å². The second-order valence-electron chi connectivity index (χ2n) is 5.65. The summed E-state index contributed by atoms with van der Waals surface area (Å²) < 4.78 is 0. The van der Waals surface area contributed by atoms with E-state index in [1.165, 1.54) is 0 Å². The number of carbonyl (C=O) groups is 1. The first-order valence-electron chi connectivity index (χ1n) is 6.42. The van der Waals surface area contributed by atoms with Crippen LogP contribution in [0.4, 0.5) is 0 Å². The van der Waals surface area contributed by atoms with Crippen molar-refractivity contribution in [3.8, 4) is 0 Å². The normalized spacial score (nSPS) is 11.4. The van der Waals surface area contributed by atoms with Crippen molar-refractivity contribution >= 4 is 5.91 Å². The lowest BCUT2D eigenvalue weighted by atomic mass is 9.89. The van der Waals surface area contributed by atoms with Gasteiger partial charge in [0.2, 0.25) is 0 Å². The second kappa shape index (κ2) is 6.01. The van der Waals surface area contributed by atoms with Crippen molar-refractivity contribution in [2.75, 3.05) is 13.1 Å². The summed E-state index contributed by atoms with van der Waals surface area (Å²) in [5.41, 5.74) is 8.44. The topological polar surface area (TPSA) is 55.1 Å². The molecule has 3 heteroatoms. The molecule has 0 aliphatic carbocycles. The third kappa shape index (κ3) is 3.84. The van der Waals surface area contributed by atoms with Crippen molar-refractivity contribution in [1.82, 2.24) is 5.32 Å². The number of amides is 1. The quantitative estimate of drug-likeness (QED) is 0.840. The molecule has 100 valence electrons. The lowest BCUT2D eigenvalue weighted by molar-refractivity contribution is 0.0934. The molecular formula is C15H24N2O. The average Bonchev–Trinajstić information content (AvgIpc) is 2.26. The zero-order valence-electron chi connectivity index (χ0n) is 11.8. The van der Waals surface area contributed by atoms with E-state index in [-0.39, 0.29) is 11.3 Å². The predicted molar refractivity (Wildman–Crippen MR) is 75.7 cm³/mol. The smallest absolute Gasteiger partial charge is 0.251 e. The first-order valence-corrected chi connectivity index (χ1v) is 6.42. The highest BCUT2D eigenvalue weighted by Gasteiger charge is 2.19. The Hall–Kier alpha value is -1.35. The molecule has 0 heterocycles. The molecule has 0 fully saturated rings. The van der Waals surface area contributed by atoms with Crippen LogP contribution < -0.4 is 11.1 Å². The molecule has 1 aromatic rings. The largest absolute Gasteiger partial charge is 0.351 e. The van der Waals surface area contributed by atoms with Crippen molar-refractivity contribution in [2.45, 2.75) is 34.1 Å². The molecule has 18 heavy (non-hydrogen) atoms. The first kappa shape index (κ1) is 14.7. The van der Waals surface area contributed by atoms with E-state index in [0.717, 1.165) is 23.1 Å². The van der Waals surface area contributed by atoms with Gasteiger partial charge < -0.3 is 11.1 Å². The molecule has 3 nitrogen and oxygen atoms in total. The van der Waals surface area contributed by atoms with Gasteiger partial charge in [0.15, 0.2) is 0 Å². The standard InChI is InChI=1S/C15H24N2O/c1-11-6-5-7-12(2)13(11)14(18)17-10-15(3,4)8-9-16/h5-7H,8-10,16H2,1-4H3,(H,17,18). The molecular weight excluding hydrogens is 224 g/mol. The zero-order valence-corrected chi connectivity index (χ0v) is 11.8. The van der Waals surface area contributed by atoms with Gasteiger partial charge in [-0.15, -0.1) is 0 Å². The van der Waals surface area contributed by atoms with Gasteiger partial charge in [-0.05, 0) is 43.4 Å². The summed E-state index contributed by atoms with van der Waals surface area (Å²) in [4.78, 5) is 12.2. The van der Waals surface area contributed by atoms with Crippen LogP contribution in [0, 0.1) is 19.3 Å². The Morgan fingerprint density at radius 1 is 1.28 bits per heavy atom. The molecule has 0 atom stereocenters. The molecule has 0 aromatic heterocycles. The minimum absolute atomic E-state index is 0.00990. The average molecular weight is 248 g/mol. The Morgan fingerprint density at radius 3 is 2.33 bits per heavy atom. The number of hydrogen-bond donors (Lipinski definition) is 2. The Bertz CT molecular complexity index is 404. The Morgan fingerprint density at radius 2 is 1.83 bits per heavy atom. The molecule has 0 spiro atoms. The van der Waals surface area contributed by atoms with Crippen LogP contribution >= 0.6 is 0 Å². The summed E-state index contributed by atoms with van der Waals surface area (Å²) in [5, 5.41) is 3.01. The lowest BCUT2D eigenvalue weighted by Crippen LogP contribution is -2.35. The van der Waals surface area contributed by atoms with Crippen LogP contribution in [0.2, 0.25) is 0 Å². The molecule has 0 aliphatic rings. The fourth-order valence-corrected chi connectivity index (χ4v) is 2.06. The van der Waals surface area contributed by atoms with Crippen LogP contribution in [0.1, 0.15) is 41.8 Å². The number of hydrogen-bond acceptors (Lipinski definition) is 2. The Labute approximate surface area is 110 Å². The maximum Gasteiger partial charge on any atom is 0.251 e. The highest BCUT2D eigenvalue weighted by atomic mass is 16.1. The molecule has 0 saturated carbocycles. The number of benzene rings is 1. The van der Waals surface area contributed by atoms with E-state index in [0.29, 0.717) is 13.1 Å². The van der Waals surface area contributed by atoms with Crippen LogP contribution in [-0.2, 0) is 0 Å². The van der Waals surface area contributed by atoms with Crippen LogP contribution in [0.15, 0.2) is 18.2 Å². The van der Waals surface area contributed by atoms with Gasteiger partial charge in [0.1, 0.15) is 0 Å². The van der Waals surface area contributed by atoms with Crippen LogP contribution in [0.3, 0.4) is 0 Å². The van der Waals surface area contributed by atoms with E-state index in [9.17, 15) is 4.79 Å². The third-order valence-corrected chi connectivity index (χ3v) is 3.26. The van der Waals surface area contributed by atoms with Crippen molar-refractivity contribution in [1.29, 1.82) is 0 Å². The molecule has 1 aromatic carbocycles. The second-order valence-corrected chi connectivity index (χ2v) is 5.65. The SMILES string of the molecule is Cc1cccc(C)c1C(=O)NCC(C)(C)CCN. The molecule has 1 rings (SSSR count). The molecule has 0 bridgehead atoms. The van der Waals surface area contributed by atoms with Gasteiger partial charge in [-0.2, -0.15) is 0 Å². The summed E-state index contributed by atoms with van der Waals surface area (Å²) in [6, 6.07) is 5.90. The molecule has 0 saturated heterocycles. The number of rotatable bonds is 5. The fraction of sp³-hybridized carbons (Fsp3) is 0.533. The number of nitrogens with one attached hydrogen (secondary N) is 1. The van der Waals surface area contributed by atoms with Gasteiger partial charge >= 0.3 is 0 Å². The third-order valence-electron chi connectivity index (χ3n) is 3.26. The highest BCUT2D eigenvalue weighted by Crippen LogP contribution is 2.19. The van der Waals surface area contributed by atoms with Gasteiger partial charge in [0.05, 0.1) is 0 Å². The first-order chi connectivity index (χ1) is 8.37. The van der Waals surface area contributed by atoms with Gasteiger partial charge in [-0.1, -0.05) is 32.0 Å². The monoisotopic (exact) mass is 248 g/mol. The van der Waals surface area contributed by atoms with Gasteiger partial charge in [-0.3, -0.25) is 4.79 Å². The van der Waals surface area contributed by atoms with E-state index in [2.05, 4.69) is 19.2 Å². The number of nitrogens with two attached hydrogens (primary N) is 1. The molecule has 3 N–H and O–H groups in total. The number of carbonyl (C=O) groups excluding carboxylic acids is 1. The van der Waals surface area contributed by atoms with Gasteiger partial charge in [-0.25, -0.2) is 0 Å². The summed E-state index contributed by atoms with van der Waals surface area (Å²) in [7, 11) is 0. The predicted octanol–water partition coefficient (Wildman–Crippen LogP) is 2.41. The van der Waals surface area contributed by atoms with Crippen LogP contribution in [0.25, 0.3) is 0 Å². The van der Waals surface area contributed by atoms with E-state index < -0.39 is 0 Å². The van der Waals surface area contributed by atoms with Crippen LogP contribution in [-0.4, -0.2) is 19.0 Å². The van der Waals surface area contributed by atoms with Crippen molar-refractivity contribution in [2.24, 2.45) is 11.1 Å². The lowest BCUT2D eigenvalue weighted by Gasteiger charge is -2.24. The van der Waals surface area contributed by atoms with Gasteiger partial charge in [0.25, 0.3) is 5.91 Å². The fourth-order valence-electron chi connectivity index (χ4n) is 2.06. The van der Waals surface area contributed by atoms with Crippen molar-refractivity contribution in [3.63, 3.8) is 0 Å². The molecule has 1 amide bonds. The highest BCUT2D eigenvalue weighted by molar-refractivity contribution is 5.97. The summed E-state index contributed by atoms with van der Waals surface area (Å²) >= 11 is 0. The van der Waals surface area contributed by atoms with Crippen molar-refractivity contribution in [3.05, 3.63) is 34.9 Å². The van der Waals surface area contributed by atoms with Crippen LogP contribution in [0.5, 0.6) is 0 Å². The minimum atomic E-state index is 0.00990. The van der Waals surface area contributed by atoms with Crippen molar-refractivity contribution < 1.29 is 4.79 Å². The summed E-state index contributed by atoms with van der Waals surface area (Å²) in [5.74, 6) is 0.00990. The maximum atomic E-state index is 12.2. The van der Waals surface area contributed by atoms with E-state index in [4.69, 9.17) is 5.73 Å². The Balaban J connectivity index is 2.72. The zero-order chi connectivity index (χ0) is 13.8. The van der Waals surface area contributed by atoms with Gasteiger partial charge in [0, 0.05) is 12.1 Å². The minimum Gasteiger partial charge on any atom is -0.351 e. The summed E-state index contributed by atoms with van der Waals surface area (Å²) in [6.07, 6.45) is 0.903. The number of aryl methyl sites for hydroxylation is 2. The maximum absolute atomic E-state index is 12.2. The van der Waals surface area contributed by atoms with E-state index in [1.54, 1.807) is 0 Å². The summed E-state index contributed by atoms with van der Waals surface area (Å²) in [6.45, 7) is 9.46. The molecule has 0 radical (unpaired) electrons. The molecule has 0 unspecified atom stereocenters. The van der Waals surface area contributed by atoms with E-state index >= 15 is 0 Å². The Kier molecular flexibility index (Phi) is 4.91.